The summed E-state index contributed by atoms with van der Waals surface area (Å²) in [7, 11) is 0. The second kappa shape index (κ2) is 7.04. The smallest absolute Gasteiger partial charge is 0.268 e. The molecule has 0 atom stereocenters. The molecule has 0 fully saturated rings. The van der Waals surface area contributed by atoms with Crippen molar-refractivity contribution in [2.45, 2.75) is 6.92 Å². The minimum Gasteiger partial charge on any atom is -0.506 e. The van der Waals surface area contributed by atoms with Gasteiger partial charge in [-0.2, -0.15) is 0 Å². The van der Waals surface area contributed by atoms with Crippen molar-refractivity contribution in [3.05, 3.63) is 94.8 Å². The van der Waals surface area contributed by atoms with Gasteiger partial charge in [0, 0.05) is 11.1 Å². The van der Waals surface area contributed by atoms with Gasteiger partial charge in [-0.05, 0) is 43.3 Å². The van der Waals surface area contributed by atoms with Crippen LogP contribution < -0.4 is 11.3 Å². The van der Waals surface area contributed by atoms with E-state index in [1.54, 1.807) is 29.7 Å². The van der Waals surface area contributed by atoms with Crippen LogP contribution in [0.1, 0.15) is 12.5 Å². The van der Waals surface area contributed by atoms with Gasteiger partial charge in [-0.25, -0.2) is 0 Å². The lowest BCUT2D eigenvalue weighted by Crippen LogP contribution is -2.25. The molecule has 28 heavy (non-hydrogen) atoms. The zero-order valence-electron chi connectivity index (χ0n) is 15.3. The minimum absolute atomic E-state index is 0.0801. The van der Waals surface area contributed by atoms with Crippen LogP contribution in [0.5, 0.6) is 5.75 Å². The van der Waals surface area contributed by atoms with Crippen LogP contribution in [0.3, 0.4) is 0 Å². The number of nitrogens with two attached hydrogens (primary N) is 1. The normalized spacial score (nSPS) is 11.7. The molecule has 0 radical (unpaired) electrons. The molecule has 0 saturated carbocycles. The number of aliphatic imine (C=N–C) groups is 1. The van der Waals surface area contributed by atoms with Crippen LogP contribution in [0.4, 0.5) is 11.4 Å². The molecule has 5 heteroatoms. The van der Waals surface area contributed by atoms with Crippen molar-refractivity contribution >= 4 is 28.0 Å². The molecule has 3 N–H and O–H groups in total. The van der Waals surface area contributed by atoms with Crippen molar-refractivity contribution < 1.29 is 5.11 Å². The van der Waals surface area contributed by atoms with Crippen molar-refractivity contribution in [1.82, 2.24) is 4.57 Å². The first-order chi connectivity index (χ1) is 13.6. The molecule has 0 saturated heterocycles. The molecule has 1 heterocycles. The molecule has 0 aliphatic heterocycles. The molecule has 138 valence electrons. The average molecular weight is 369 g/mol. The summed E-state index contributed by atoms with van der Waals surface area (Å²) >= 11 is 0. The molecule has 5 nitrogen and oxygen atoms in total. The third kappa shape index (κ3) is 2.93. The molecular weight excluding hydrogens is 350 g/mol. The van der Waals surface area contributed by atoms with Gasteiger partial charge in [0.05, 0.1) is 22.6 Å². The van der Waals surface area contributed by atoms with E-state index in [-0.39, 0.29) is 16.9 Å². The maximum absolute atomic E-state index is 13.4. The topological polar surface area (TPSA) is 80.6 Å². The third-order valence-corrected chi connectivity index (χ3v) is 4.65. The Hall–Kier alpha value is -3.86. The van der Waals surface area contributed by atoms with Gasteiger partial charge in [0.2, 0.25) is 0 Å². The molecule has 0 unspecified atom stereocenters. The Labute approximate surface area is 162 Å². The van der Waals surface area contributed by atoms with E-state index >= 15 is 0 Å². The van der Waals surface area contributed by atoms with E-state index in [0.29, 0.717) is 28.0 Å². The maximum Gasteiger partial charge on any atom is 0.268 e. The Morgan fingerprint density at radius 3 is 2.32 bits per heavy atom. The summed E-state index contributed by atoms with van der Waals surface area (Å²) in [5, 5.41) is 11.5. The van der Waals surface area contributed by atoms with E-state index in [9.17, 15) is 9.90 Å². The van der Waals surface area contributed by atoms with Gasteiger partial charge in [0.1, 0.15) is 11.3 Å². The molecule has 4 rings (SSSR count). The fraction of sp³-hybridized carbons (Fsp3) is 0.0435. The van der Waals surface area contributed by atoms with Gasteiger partial charge in [-0.15, -0.1) is 0 Å². The Morgan fingerprint density at radius 2 is 1.57 bits per heavy atom. The lowest BCUT2D eigenvalue weighted by molar-refractivity contribution is 0.478. The second-order valence-corrected chi connectivity index (χ2v) is 6.47. The summed E-state index contributed by atoms with van der Waals surface area (Å²) in [6.07, 6.45) is 0. The van der Waals surface area contributed by atoms with E-state index in [1.807, 2.05) is 60.7 Å². The number of nitrogen functional groups attached to an aromatic ring is 1. The maximum atomic E-state index is 13.4. The number of aromatic nitrogens is 1. The third-order valence-electron chi connectivity index (χ3n) is 4.65. The number of rotatable bonds is 3. The van der Waals surface area contributed by atoms with Crippen LogP contribution in [0.2, 0.25) is 0 Å². The Morgan fingerprint density at radius 1 is 0.929 bits per heavy atom. The average Bonchev–Trinajstić information content (AvgIpc) is 2.71. The van der Waals surface area contributed by atoms with E-state index in [4.69, 9.17) is 5.73 Å². The summed E-state index contributed by atoms with van der Waals surface area (Å²) in [4.78, 5) is 17.9. The fourth-order valence-electron chi connectivity index (χ4n) is 3.31. The van der Waals surface area contributed by atoms with Gasteiger partial charge < -0.3 is 10.8 Å². The number of aromatic hydroxyl groups is 1. The first-order valence-electron chi connectivity index (χ1n) is 8.90. The number of nitrogens with zero attached hydrogens (tertiary/aromatic N) is 2. The molecule has 1 aromatic heterocycles. The fourth-order valence-corrected chi connectivity index (χ4v) is 3.31. The minimum atomic E-state index is -0.335. The number of hydrogen-bond acceptors (Lipinski definition) is 4. The summed E-state index contributed by atoms with van der Waals surface area (Å²) < 4.78 is 1.59. The van der Waals surface area contributed by atoms with Crippen LogP contribution in [-0.2, 0) is 0 Å². The number of fused-ring (bicyclic) bond motifs is 1. The SMILES string of the molecule is CC(=Nc1ccccc1N)c1c(O)c2ccccc2n(-c2ccccc2)c1=O. The van der Waals surface area contributed by atoms with Crippen LogP contribution in [-0.4, -0.2) is 15.4 Å². The van der Waals surface area contributed by atoms with Gasteiger partial charge in [0.25, 0.3) is 5.56 Å². The summed E-state index contributed by atoms with van der Waals surface area (Å²) in [6, 6.07) is 23.8. The van der Waals surface area contributed by atoms with Crippen molar-refractivity contribution in [1.29, 1.82) is 0 Å². The number of pyridine rings is 1. The lowest BCUT2D eigenvalue weighted by Gasteiger charge is -2.15. The van der Waals surface area contributed by atoms with Crippen molar-refractivity contribution in [3.8, 4) is 11.4 Å². The summed E-state index contributed by atoms with van der Waals surface area (Å²) in [5.74, 6) is -0.0801. The van der Waals surface area contributed by atoms with E-state index in [0.717, 1.165) is 5.69 Å². The monoisotopic (exact) mass is 369 g/mol. The van der Waals surface area contributed by atoms with Crippen molar-refractivity contribution in [2.75, 3.05) is 5.73 Å². The van der Waals surface area contributed by atoms with Crippen LogP contribution >= 0.6 is 0 Å². The van der Waals surface area contributed by atoms with E-state index in [1.165, 1.54) is 0 Å². The summed E-state index contributed by atoms with van der Waals surface area (Å²) in [6.45, 7) is 1.70. The van der Waals surface area contributed by atoms with Gasteiger partial charge in [0.15, 0.2) is 0 Å². The highest BCUT2D eigenvalue weighted by Gasteiger charge is 2.19. The first kappa shape index (κ1) is 17.5. The number of anilines is 1. The second-order valence-electron chi connectivity index (χ2n) is 6.47. The number of hydrogen-bond donors (Lipinski definition) is 2. The Kier molecular flexibility index (Phi) is 4.41. The lowest BCUT2D eigenvalue weighted by atomic mass is 10.1. The highest BCUT2D eigenvalue weighted by molar-refractivity contribution is 6.07. The van der Waals surface area contributed by atoms with Crippen molar-refractivity contribution in [2.24, 2.45) is 4.99 Å². The molecule has 0 aliphatic carbocycles. The molecule has 3 aromatic carbocycles. The van der Waals surface area contributed by atoms with E-state index < -0.39 is 0 Å². The van der Waals surface area contributed by atoms with Crippen molar-refractivity contribution in [3.63, 3.8) is 0 Å². The first-order valence-corrected chi connectivity index (χ1v) is 8.90. The largest absolute Gasteiger partial charge is 0.506 e. The van der Waals surface area contributed by atoms with Gasteiger partial charge in [-0.1, -0.05) is 42.5 Å². The molecule has 0 aliphatic rings. The van der Waals surface area contributed by atoms with Crippen LogP contribution in [0.25, 0.3) is 16.6 Å². The highest BCUT2D eigenvalue weighted by atomic mass is 16.3. The zero-order valence-corrected chi connectivity index (χ0v) is 15.3. The predicted octanol–water partition coefficient (Wildman–Crippen LogP) is 4.42. The van der Waals surface area contributed by atoms with Gasteiger partial charge >= 0.3 is 0 Å². The number of benzene rings is 3. The quantitative estimate of drug-likeness (QED) is 0.414. The predicted molar refractivity (Wildman–Crippen MR) is 114 cm³/mol. The van der Waals surface area contributed by atoms with Gasteiger partial charge in [-0.3, -0.25) is 14.4 Å². The van der Waals surface area contributed by atoms with Crippen LogP contribution in [0, 0.1) is 0 Å². The van der Waals surface area contributed by atoms with Crippen LogP contribution in [0.15, 0.2) is 88.6 Å². The standard InChI is InChI=1S/C23H19N3O2/c1-15(25-19-13-7-6-12-18(19)24)21-22(27)17-11-5-8-14-20(17)26(23(21)28)16-9-3-2-4-10-16/h2-14,27H,24H2,1H3. The highest BCUT2D eigenvalue weighted by Crippen LogP contribution is 2.30. The summed E-state index contributed by atoms with van der Waals surface area (Å²) in [5.41, 5.74) is 8.61. The number of para-hydroxylation sites is 4. The molecule has 4 aromatic rings. The Bertz CT molecular complexity index is 1260. The zero-order chi connectivity index (χ0) is 19.7. The molecule has 0 amide bonds. The molecule has 0 bridgehead atoms. The molecule has 0 spiro atoms. The van der Waals surface area contributed by atoms with E-state index in [2.05, 4.69) is 4.99 Å². The molecular formula is C23H19N3O2. The Balaban J connectivity index is 2.05.